The van der Waals surface area contributed by atoms with Crippen molar-refractivity contribution in [2.45, 2.75) is 19.3 Å². The zero-order chi connectivity index (χ0) is 15.8. The highest BCUT2D eigenvalue weighted by atomic mass is 16.1. The van der Waals surface area contributed by atoms with Gasteiger partial charge in [-0.2, -0.15) is 5.10 Å². The van der Waals surface area contributed by atoms with Gasteiger partial charge >= 0.3 is 0 Å². The van der Waals surface area contributed by atoms with Crippen LogP contribution < -0.4 is 5.32 Å². The number of nitrogens with zero attached hydrogens (tertiary/aromatic N) is 2. The molecule has 1 aromatic heterocycles. The van der Waals surface area contributed by atoms with E-state index < -0.39 is 0 Å². The molecule has 1 aliphatic rings. The minimum absolute atomic E-state index is 0.0280. The molecule has 23 heavy (non-hydrogen) atoms. The Bertz CT molecular complexity index is 850. The van der Waals surface area contributed by atoms with Crippen LogP contribution in [0.3, 0.4) is 0 Å². The largest absolute Gasteiger partial charge is 0.310 e. The molecule has 4 nitrogen and oxygen atoms in total. The summed E-state index contributed by atoms with van der Waals surface area (Å²) < 4.78 is 1.81. The topological polar surface area (TPSA) is 46.9 Å². The smallest absolute Gasteiger partial charge is 0.226 e. The van der Waals surface area contributed by atoms with Gasteiger partial charge in [0.15, 0.2) is 0 Å². The van der Waals surface area contributed by atoms with E-state index in [2.05, 4.69) is 29.5 Å². The number of aryl methyl sites for hydroxylation is 1. The van der Waals surface area contributed by atoms with Gasteiger partial charge in [-0.05, 0) is 24.6 Å². The molecule has 4 rings (SSSR count). The number of fused-ring (bicyclic) bond motifs is 1. The summed E-state index contributed by atoms with van der Waals surface area (Å²) in [7, 11) is 0. The maximum absolute atomic E-state index is 12.2. The van der Waals surface area contributed by atoms with Crippen LogP contribution in [0.15, 0.2) is 60.8 Å². The molecule has 0 radical (unpaired) electrons. The summed E-state index contributed by atoms with van der Waals surface area (Å²) in [6, 6.07) is 18.3. The molecule has 3 aromatic rings. The second kappa shape index (κ2) is 5.39. The summed E-state index contributed by atoms with van der Waals surface area (Å²) in [6.07, 6.45) is 2.32. The number of aromatic nitrogens is 2. The Morgan fingerprint density at radius 3 is 2.57 bits per heavy atom. The summed E-state index contributed by atoms with van der Waals surface area (Å²) in [4.78, 5) is 12.2. The van der Waals surface area contributed by atoms with Gasteiger partial charge in [-0.3, -0.25) is 4.79 Å². The zero-order valence-corrected chi connectivity index (χ0v) is 12.9. The Kier molecular flexibility index (Phi) is 3.23. The Labute approximate surface area is 134 Å². The fourth-order valence-corrected chi connectivity index (χ4v) is 3.08. The maximum Gasteiger partial charge on any atom is 0.226 e. The van der Waals surface area contributed by atoms with Crippen LogP contribution in [0.25, 0.3) is 5.69 Å². The third-order valence-electron chi connectivity index (χ3n) is 4.30. The highest BCUT2D eigenvalue weighted by molar-refractivity contribution is 5.94. The highest BCUT2D eigenvalue weighted by Gasteiger charge is 2.30. The van der Waals surface area contributed by atoms with Crippen LogP contribution >= 0.6 is 0 Å². The molecule has 4 heteroatoms. The van der Waals surface area contributed by atoms with Crippen LogP contribution in [0.2, 0.25) is 0 Å². The van der Waals surface area contributed by atoms with E-state index in [0.29, 0.717) is 6.42 Å². The molecule has 0 saturated carbocycles. The zero-order valence-electron chi connectivity index (χ0n) is 12.9. The molecule has 0 saturated heterocycles. The van der Waals surface area contributed by atoms with Crippen molar-refractivity contribution in [1.29, 1.82) is 0 Å². The molecular formula is C19H17N3O. The van der Waals surface area contributed by atoms with Crippen LogP contribution in [0.1, 0.15) is 29.0 Å². The summed E-state index contributed by atoms with van der Waals surface area (Å²) in [5, 5.41) is 7.49. The fraction of sp³-hybridized carbons (Fsp3) is 0.158. The average molecular weight is 303 g/mol. The quantitative estimate of drug-likeness (QED) is 0.785. The van der Waals surface area contributed by atoms with E-state index in [1.165, 1.54) is 5.56 Å². The molecule has 2 aromatic carbocycles. The number of rotatable bonds is 2. The average Bonchev–Trinajstić information content (AvgIpc) is 2.99. The minimum atomic E-state index is 0.0280. The lowest BCUT2D eigenvalue weighted by Crippen LogP contribution is -2.24. The van der Waals surface area contributed by atoms with Crippen molar-refractivity contribution in [2.24, 2.45) is 0 Å². The predicted molar refractivity (Wildman–Crippen MR) is 89.8 cm³/mol. The van der Waals surface area contributed by atoms with Crippen LogP contribution in [-0.2, 0) is 4.79 Å². The van der Waals surface area contributed by atoms with E-state index in [1.54, 1.807) is 0 Å². The summed E-state index contributed by atoms with van der Waals surface area (Å²) >= 11 is 0. The minimum Gasteiger partial charge on any atom is -0.310 e. The normalized spacial score (nSPS) is 16.7. The summed E-state index contributed by atoms with van der Waals surface area (Å²) in [5.41, 5.74) is 4.36. The standard InChI is InChI=1S/C19H17N3O/c1-13-7-9-15(10-8-13)22-19-17(12-20-22)16(11-18(23)21-19)14-5-3-2-4-6-14/h2-10,12,16H,11H2,1H3,(H,21,23)/t16-/m1/s1. The monoisotopic (exact) mass is 303 g/mol. The molecule has 2 heterocycles. The van der Waals surface area contributed by atoms with E-state index in [9.17, 15) is 4.79 Å². The number of benzene rings is 2. The van der Waals surface area contributed by atoms with Gasteiger partial charge in [-0.1, -0.05) is 48.0 Å². The van der Waals surface area contributed by atoms with E-state index in [-0.39, 0.29) is 11.8 Å². The van der Waals surface area contributed by atoms with Crippen molar-refractivity contribution in [1.82, 2.24) is 9.78 Å². The molecular weight excluding hydrogens is 286 g/mol. The van der Waals surface area contributed by atoms with Gasteiger partial charge in [0.25, 0.3) is 0 Å². The predicted octanol–water partition coefficient (Wildman–Crippen LogP) is 3.65. The van der Waals surface area contributed by atoms with Crippen LogP contribution in [0, 0.1) is 6.92 Å². The first kappa shape index (κ1) is 13.8. The number of carbonyl (C=O) groups excluding carboxylic acids is 1. The number of hydrogen-bond acceptors (Lipinski definition) is 2. The maximum atomic E-state index is 12.2. The first-order chi connectivity index (χ1) is 11.2. The van der Waals surface area contributed by atoms with Crippen LogP contribution in [-0.4, -0.2) is 15.7 Å². The van der Waals surface area contributed by atoms with Crippen LogP contribution in [0.5, 0.6) is 0 Å². The van der Waals surface area contributed by atoms with Gasteiger partial charge in [-0.25, -0.2) is 4.68 Å². The van der Waals surface area contributed by atoms with Crippen molar-refractivity contribution in [2.75, 3.05) is 5.32 Å². The van der Waals surface area contributed by atoms with Crippen molar-refractivity contribution in [3.05, 3.63) is 77.5 Å². The molecule has 0 aliphatic carbocycles. The van der Waals surface area contributed by atoms with Gasteiger partial charge in [0.05, 0.1) is 11.9 Å². The van der Waals surface area contributed by atoms with E-state index in [0.717, 1.165) is 22.6 Å². The second-order valence-corrected chi connectivity index (χ2v) is 5.91. The highest BCUT2D eigenvalue weighted by Crippen LogP contribution is 2.37. The number of nitrogens with one attached hydrogen (secondary N) is 1. The van der Waals surface area contributed by atoms with Crippen LogP contribution in [0.4, 0.5) is 5.82 Å². The van der Waals surface area contributed by atoms with Gasteiger partial charge in [0.2, 0.25) is 5.91 Å². The number of hydrogen-bond donors (Lipinski definition) is 1. The Hall–Kier alpha value is -2.88. The van der Waals surface area contributed by atoms with E-state index in [1.807, 2.05) is 53.3 Å². The lowest BCUT2D eigenvalue weighted by atomic mass is 9.87. The summed E-state index contributed by atoms with van der Waals surface area (Å²) in [6.45, 7) is 2.05. The Morgan fingerprint density at radius 1 is 1.09 bits per heavy atom. The molecule has 1 aliphatic heterocycles. The third kappa shape index (κ3) is 2.42. The summed E-state index contributed by atoms with van der Waals surface area (Å²) in [5.74, 6) is 0.860. The van der Waals surface area contributed by atoms with Gasteiger partial charge in [-0.15, -0.1) is 0 Å². The van der Waals surface area contributed by atoms with E-state index >= 15 is 0 Å². The number of anilines is 1. The fourth-order valence-electron chi connectivity index (χ4n) is 3.08. The van der Waals surface area contributed by atoms with E-state index in [4.69, 9.17) is 0 Å². The lowest BCUT2D eigenvalue weighted by Gasteiger charge is -2.23. The van der Waals surface area contributed by atoms with Crippen molar-refractivity contribution >= 4 is 11.7 Å². The number of amides is 1. The van der Waals surface area contributed by atoms with Crippen molar-refractivity contribution < 1.29 is 4.79 Å². The number of carbonyl (C=O) groups is 1. The van der Waals surface area contributed by atoms with Gasteiger partial charge < -0.3 is 5.32 Å². The SMILES string of the molecule is Cc1ccc(-n2ncc3c2NC(=O)C[C@@H]3c2ccccc2)cc1. The lowest BCUT2D eigenvalue weighted by molar-refractivity contribution is -0.116. The molecule has 1 atom stereocenters. The van der Waals surface area contributed by atoms with Gasteiger partial charge in [0.1, 0.15) is 5.82 Å². The van der Waals surface area contributed by atoms with Crippen molar-refractivity contribution in [3.8, 4) is 5.69 Å². The van der Waals surface area contributed by atoms with Crippen molar-refractivity contribution in [3.63, 3.8) is 0 Å². The Morgan fingerprint density at radius 2 is 1.83 bits per heavy atom. The first-order valence-corrected chi connectivity index (χ1v) is 7.72. The second-order valence-electron chi connectivity index (χ2n) is 5.91. The molecule has 1 N–H and O–H groups in total. The Balaban J connectivity index is 1.81. The molecule has 0 fully saturated rings. The molecule has 1 amide bonds. The molecule has 114 valence electrons. The molecule has 0 unspecified atom stereocenters. The third-order valence-corrected chi connectivity index (χ3v) is 4.30. The molecule has 0 spiro atoms. The molecule has 0 bridgehead atoms. The first-order valence-electron chi connectivity index (χ1n) is 7.72. The van der Waals surface area contributed by atoms with Gasteiger partial charge in [0, 0.05) is 17.9 Å².